The van der Waals surface area contributed by atoms with Crippen molar-refractivity contribution in [3.63, 3.8) is 0 Å². The van der Waals surface area contributed by atoms with E-state index in [-0.39, 0.29) is 17.8 Å². The van der Waals surface area contributed by atoms with E-state index in [1.807, 2.05) is 0 Å². The molecule has 0 aromatic carbocycles. The van der Waals surface area contributed by atoms with Crippen LogP contribution in [0.3, 0.4) is 0 Å². The first-order valence-electron chi connectivity index (χ1n) is 8.33. The van der Waals surface area contributed by atoms with E-state index in [9.17, 15) is 0 Å². The van der Waals surface area contributed by atoms with Crippen molar-refractivity contribution in [2.75, 3.05) is 13.1 Å². The zero-order chi connectivity index (χ0) is 13.2. The van der Waals surface area contributed by atoms with Gasteiger partial charge in [-0.05, 0) is 75.3 Å². The van der Waals surface area contributed by atoms with Crippen molar-refractivity contribution in [2.45, 2.75) is 50.4 Å². The fraction of sp³-hybridized carbons (Fsp3) is 0.875. The fourth-order valence-electron chi connectivity index (χ4n) is 5.68. The Bertz CT molecular complexity index is 490. The Morgan fingerprint density at radius 2 is 1.67 bits per heavy atom. The van der Waals surface area contributed by atoms with Crippen LogP contribution in [0, 0.1) is 23.7 Å². The van der Waals surface area contributed by atoms with Crippen molar-refractivity contribution in [1.29, 1.82) is 0 Å². The van der Waals surface area contributed by atoms with E-state index in [1.165, 1.54) is 38.5 Å². The van der Waals surface area contributed by atoms with Gasteiger partial charge in [0.1, 0.15) is 0 Å². The number of nitrogens with one attached hydrogen (secondary N) is 1. The Hall–Kier alpha value is -0.610. The van der Waals surface area contributed by atoms with Gasteiger partial charge in [0.15, 0.2) is 5.82 Å². The molecule has 4 aliphatic carbocycles. The Morgan fingerprint density at radius 3 is 2.19 bits per heavy atom. The van der Waals surface area contributed by atoms with Crippen LogP contribution in [-0.4, -0.2) is 23.2 Å². The molecule has 21 heavy (non-hydrogen) atoms. The first-order valence-corrected chi connectivity index (χ1v) is 8.33. The van der Waals surface area contributed by atoms with E-state index < -0.39 is 0 Å². The molecule has 6 rings (SSSR count). The average molecular weight is 310 g/mol. The van der Waals surface area contributed by atoms with Gasteiger partial charge in [-0.15, -0.1) is 12.4 Å². The van der Waals surface area contributed by atoms with Gasteiger partial charge in [0.2, 0.25) is 5.89 Å². The standard InChI is InChI=1S/C16H23N3O.ClH/c1-10-2-12-3-11(1)6-16(5-10,7-12)15-18-14(20-19-15)4-13-8-17-9-13;/h10-13,17H,1-9H2;1H. The third-order valence-corrected chi connectivity index (χ3v) is 6.31. The maximum atomic E-state index is 5.57. The molecule has 0 unspecified atom stereocenters. The molecule has 1 aromatic heterocycles. The SMILES string of the molecule is C1NCC1Cc1nc(C23CC4CC(CC(C4)C2)C3)no1.Cl. The van der Waals surface area contributed by atoms with Crippen LogP contribution in [-0.2, 0) is 11.8 Å². The van der Waals surface area contributed by atoms with Gasteiger partial charge in [0.05, 0.1) is 0 Å². The summed E-state index contributed by atoms with van der Waals surface area (Å²) in [5, 5.41) is 7.72. The summed E-state index contributed by atoms with van der Waals surface area (Å²) < 4.78 is 5.57. The van der Waals surface area contributed by atoms with Crippen molar-refractivity contribution in [1.82, 2.24) is 15.5 Å². The monoisotopic (exact) mass is 309 g/mol. The predicted octanol–water partition coefficient (Wildman–Crippen LogP) is 2.72. The van der Waals surface area contributed by atoms with E-state index >= 15 is 0 Å². The van der Waals surface area contributed by atoms with Crippen LogP contribution in [0.4, 0.5) is 0 Å². The largest absolute Gasteiger partial charge is 0.339 e. The quantitative estimate of drug-likeness (QED) is 0.933. The molecule has 0 amide bonds. The Morgan fingerprint density at radius 1 is 1.05 bits per heavy atom. The number of hydrogen-bond donors (Lipinski definition) is 1. The number of hydrogen-bond acceptors (Lipinski definition) is 4. The van der Waals surface area contributed by atoms with Crippen LogP contribution < -0.4 is 5.32 Å². The average Bonchev–Trinajstić information content (AvgIpc) is 2.81. The fourth-order valence-corrected chi connectivity index (χ4v) is 5.68. The van der Waals surface area contributed by atoms with Gasteiger partial charge in [0, 0.05) is 11.8 Å². The van der Waals surface area contributed by atoms with Crippen LogP contribution in [0.15, 0.2) is 4.52 Å². The number of halogens is 1. The third kappa shape index (κ3) is 2.22. The van der Waals surface area contributed by atoms with E-state index in [0.717, 1.165) is 49.0 Å². The zero-order valence-corrected chi connectivity index (χ0v) is 13.2. The number of nitrogens with zero attached hydrogens (tertiary/aromatic N) is 2. The van der Waals surface area contributed by atoms with Crippen LogP contribution >= 0.6 is 12.4 Å². The second-order valence-electron chi connectivity index (χ2n) is 7.94. The van der Waals surface area contributed by atoms with Crippen molar-refractivity contribution < 1.29 is 4.52 Å². The molecular formula is C16H24ClN3O. The zero-order valence-electron chi connectivity index (χ0n) is 12.4. The normalized spacial score (nSPS) is 40.9. The van der Waals surface area contributed by atoms with E-state index in [2.05, 4.69) is 10.5 Å². The van der Waals surface area contributed by atoms with E-state index in [4.69, 9.17) is 9.51 Å². The van der Waals surface area contributed by atoms with Gasteiger partial charge in [-0.1, -0.05) is 5.16 Å². The molecule has 0 atom stereocenters. The molecule has 1 aromatic rings. The Balaban J connectivity index is 0.00000115. The summed E-state index contributed by atoms with van der Waals surface area (Å²) in [6.07, 6.45) is 9.34. The summed E-state index contributed by atoms with van der Waals surface area (Å²) in [5.74, 6) is 5.47. The van der Waals surface area contributed by atoms with Crippen LogP contribution in [0.1, 0.15) is 50.2 Å². The summed E-state index contributed by atoms with van der Waals surface area (Å²) in [7, 11) is 0. The van der Waals surface area contributed by atoms with E-state index in [0.29, 0.717) is 5.92 Å². The molecule has 116 valence electrons. The Labute approximate surface area is 131 Å². The minimum absolute atomic E-state index is 0. The van der Waals surface area contributed by atoms with E-state index in [1.54, 1.807) is 0 Å². The van der Waals surface area contributed by atoms with Gasteiger partial charge in [-0.2, -0.15) is 4.98 Å². The smallest absolute Gasteiger partial charge is 0.227 e. The highest BCUT2D eigenvalue weighted by molar-refractivity contribution is 5.85. The molecule has 1 aliphatic heterocycles. The maximum absolute atomic E-state index is 5.57. The molecule has 5 fully saturated rings. The van der Waals surface area contributed by atoms with Crippen LogP contribution in [0.5, 0.6) is 0 Å². The lowest BCUT2D eigenvalue weighted by Crippen LogP contribution is -2.49. The molecule has 5 aliphatic rings. The first kappa shape index (κ1) is 14.0. The van der Waals surface area contributed by atoms with Crippen molar-refractivity contribution in [3.8, 4) is 0 Å². The van der Waals surface area contributed by atoms with Gasteiger partial charge in [-0.3, -0.25) is 0 Å². The maximum Gasteiger partial charge on any atom is 0.227 e. The van der Waals surface area contributed by atoms with Crippen molar-refractivity contribution in [3.05, 3.63) is 11.7 Å². The molecule has 4 nitrogen and oxygen atoms in total. The molecule has 1 N–H and O–H groups in total. The van der Waals surface area contributed by atoms with Crippen LogP contribution in [0.2, 0.25) is 0 Å². The van der Waals surface area contributed by atoms with Gasteiger partial charge < -0.3 is 9.84 Å². The lowest BCUT2D eigenvalue weighted by molar-refractivity contribution is -0.0103. The molecule has 4 bridgehead atoms. The Kier molecular flexibility index (Phi) is 3.30. The molecule has 0 spiro atoms. The second kappa shape index (κ2) is 4.95. The molecular weight excluding hydrogens is 286 g/mol. The van der Waals surface area contributed by atoms with Crippen molar-refractivity contribution in [2.24, 2.45) is 23.7 Å². The lowest BCUT2D eigenvalue weighted by atomic mass is 9.49. The highest BCUT2D eigenvalue weighted by atomic mass is 35.5. The topological polar surface area (TPSA) is 51.0 Å². The molecule has 1 saturated heterocycles. The summed E-state index contributed by atoms with van der Waals surface area (Å²) in [4.78, 5) is 4.82. The summed E-state index contributed by atoms with van der Waals surface area (Å²) in [5.41, 5.74) is 0.286. The molecule has 2 heterocycles. The highest BCUT2D eigenvalue weighted by Gasteiger charge is 2.53. The highest BCUT2D eigenvalue weighted by Crippen LogP contribution is 2.60. The third-order valence-electron chi connectivity index (χ3n) is 6.31. The van der Waals surface area contributed by atoms with Crippen LogP contribution in [0.25, 0.3) is 0 Å². The van der Waals surface area contributed by atoms with Crippen molar-refractivity contribution >= 4 is 12.4 Å². The summed E-state index contributed by atoms with van der Waals surface area (Å²) in [6, 6.07) is 0. The summed E-state index contributed by atoms with van der Waals surface area (Å²) in [6.45, 7) is 2.21. The predicted molar refractivity (Wildman–Crippen MR) is 81.5 cm³/mol. The summed E-state index contributed by atoms with van der Waals surface area (Å²) >= 11 is 0. The lowest BCUT2D eigenvalue weighted by Gasteiger charge is -2.55. The molecule has 4 saturated carbocycles. The first-order chi connectivity index (χ1) is 9.79. The van der Waals surface area contributed by atoms with Gasteiger partial charge in [-0.25, -0.2) is 0 Å². The number of aromatic nitrogens is 2. The minimum atomic E-state index is 0. The number of rotatable bonds is 3. The molecule has 5 heteroatoms. The second-order valence-corrected chi connectivity index (χ2v) is 7.94. The molecule has 0 radical (unpaired) electrons. The minimum Gasteiger partial charge on any atom is -0.339 e. The van der Waals surface area contributed by atoms with Gasteiger partial charge >= 0.3 is 0 Å². The van der Waals surface area contributed by atoms with Gasteiger partial charge in [0.25, 0.3) is 0 Å².